The average Bonchev–Trinajstić information content (AvgIpc) is 2.56. The molecule has 0 spiro atoms. The minimum atomic E-state index is -0.335. The van der Waals surface area contributed by atoms with Crippen LogP contribution in [0.15, 0.2) is 18.2 Å². The van der Waals surface area contributed by atoms with Crippen molar-refractivity contribution in [2.45, 2.75) is 50.2 Å². The summed E-state index contributed by atoms with van der Waals surface area (Å²) in [6, 6.07) is 8.53. The van der Waals surface area contributed by atoms with E-state index in [-0.39, 0.29) is 11.7 Å². The number of rotatable bonds is 6. The Labute approximate surface area is 132 Å². The highest BCUT2D eigenvalue weighted by molar-refractivity contribution is 5.52. The van der Waals surface area contributed by atoms with Crippen LogP contribution in [0.3, 0.4) is 0 Å². The van der Waals surface area contributed by atoms with Crippen molar-refractivity contribution in [2.75, 3.05) is 20.3 Å². The maximum Gasteiger partial charge on any atom is 0.157 e. The van der Waals surface area contributed by atoms with Crippen molar-refractivity contribution in [3.8, 4) is 11.8 Å². The number of nitrogens with zero attached hydrogens (tertiary/aromatic N) is 1. The number of hydrogen-bond donors (Lipinski definition) is 0. The third-order valence-electron chi connectivity index (χ3n) is 4.72. The van der Waals surface area contributed by atoms with Crippen molar-refractivity contribution in [1.82, 2.24) is 0 Å². The smallest absolute Gasteiger partial charge is 0.157 e. The SMILES string of the molecule is COc1ccc2c(c1)CC2(C#N)CCCOC1CCCCO1. The van der Waals surface area contributed by atoms with Crippen LogP contribution in [-0.4, -0.2) is 26.6 Å². The highest BCUT2D eigenvalue weighted by Gasteiger charge is 2.42. The molecule has 1 aromatic rings. The maximum absolute atomic E-state index is 9.61. The quantitative estimate of drug-likeness (QED) is 0.756. The molecule has 4 heteroatoms. The van der Waals surface area contributed by atoms with Crippen LogP contribution in [0.1, 0.15) is 43.2 Å². The number of fused-ring (bicyclic) bond motifs is 1. The van der Waals surface area contributed by atoms with Gasteiger partial charge in [0.15, 0.2) is 6.29 Å². The van der Waals surface area contributed by atoms with E-state index in [1.807, 2.05) is 18.2 Å². The van der Waals surface area contributed by atoms with Gasteiger partial charge in [-0.05, 0) is 61.8 Å². The third kappa shape index (κ3) is 2.97. The van der Waals surface area contributed by atoms with Crippen molar-refractivity contribution in [3.63, 3.8) is 0 Å². The summed E-state index contributed by atoms with van der Waals surface area (Å²) in [4.78, 5) is 0. The first-order valence-electron chi connectivity index (χ1n) is 8.09. The minimum Gasteiger partial charge on any atom is -0.497 e. The van der Waals surface area contributed by atoms with Gasteiger partial charge in [-0.15, -0.1) is 0 Å². The van der Waals surface area contributed by atoms with Gasteiger partial charge in [0.1, 0.15) is 5.75 Å². The molecule has 1 aliphatic carbocycles. The van der Waals surface area contributed by atoms with Gasteiger partial charge in [0.05, 0.1) is 18.6 Å². The summed E-state index contributed by atoms with van der Waals surface area (Å²) in [5.41, 5.74) is 2.06. The Bertz CT molecular complexity index is 560. The third-order valence-corrected chi connectivity index (χ3v) is 4.72. The lowest BCUT2D eigenvalue weighted by Crippen LogP contribution is -2.37. The fraction of sp³-hybridized carbons (Fsp3) is 0.611. The summed E-state index contributed by atoms with van der Waals surface area (Å²) in [7, 11) is 1.67. The van der Waals surface area contributed by atoms with Crippen LogP contribution in [0, 0.1) is 11.3 Å². The Morgan fingerprint density at radius 2 is 2.32 bits per heavy atom. The van der Waals surface area contributed by atoms with Gasteiger partial charge in [-0.1, -0.05) is 6.07 Å². The molecule has 0 saturated carbocycles. The van der Waals surface area contributed by atoms with E-state index >= 15 is 0 Å². The van der Waals surface area contributed by atoms with Gasteiger partial charge >= 0.3 is 0 Å². The van der Waals surface area contributed by atoms with Crippen LogP contribution in [0.4, 0.5) is 0 Å². The molecule has 0 aromatic heterocycles. The fourth-order valence-electron chi connectivity index (χ4n) is 3.43. The normalized spacial score (nSPS) is 26.6. The van der Waals surface area contributed by atoms with E-state index in [1.165, 1.54) is 12.0 Å². The molecule has 1 aromatic carbocycles. The number of nitriles is 1. The number of methoxy groups -OCH3 is 1. The summed E-state index contributed by atoms with van der Waals surface area (Å²) in [5, 5.41) is 9.61. The molecule has 2 aliphatic rings. The molecule has 0 amide bonds. The summed E-state index contributed by atoms with van der Waals surface area (Å²) in [5.74, 6) is 0.864. The van der Waals surface area contributed by atoms with Crippen molar-refractivity contribution in [2.24, 2.45) is 0 Å². The predicted octanol–water partition coefficient (Wildman–Crippen LogP) is 3.34. The van der Waals surface area contributed by atoms with Crippen molar-refractivity contribution in [1.29, 1.82) is 5.26 Å². The van der Waals surface area contributed by atoms with E-state index in [4.69, 9.17) is 14.2 Å². The van der Waals surface area contributed by atoms with Gasteiger partial charge in [-0.25, -0.2) is 0 Å². The molecule has 22 heavy (non-hydrogen) atoms. The molecule has 4 nitrogen and oxygen atoms in total. The van der Waals surface area contributed by atoms with E-state index < -0.39 is 0 Å². The molecule has 1 heterocycles. The van der Waals surface area contributed by atoms with E-state index in [2.05, 4.69) is 6.07 Å². The van der Waals surface area contributed by atoms with Gasteiger partial charge < -0.3 is 14.2 Å². The van der Waals surface area contributed by atoms with Gasteiger partial charge in [0.25, 0.3) is 0 Å². The number of benzene rings is 1. The van der Waals surface area contributed by atoms with Crippen molar-refractivity contribution < 1.29 is 14.2 Å². The van der Waals surface area contributed by atoms with E-state index in [1.54, 1.807) is 7.11 Å². The molecule has 118 valence electrons. The Balaban J connectivity index is 1.51. The zero-order valence-corrected chi connectivity index (χ0v) is 13.1. The zero-order chi connectivity index (χ0) is 15.4. The van der Waals surface area contributed by atoms with E-state index in [9.17, 15) is 5.26 Å². The summed E-state index contributed by atoms with van der Waals surface area (Å²) < 4.78 is 16.6. The van der Waals surface area contributed by atoms with Crippen LogP contribution in [0.2, 0.25) is 0 Å². The van der Waals surface area contributed by atoms with Gasteiger partial charge in [-0.2, -0.15) is 5.26 Å². The van der Waals surface area contributed by atoms with Crippen LogP contribution in [0.5, 0.6) is 5.75 Å². The van der Waals surface area contributed by atoms with Crippen LogP contribution >= 0.6 is 0 Å². The molecular formula is C18H23NO3. The molecule has 0 bridgehead atoms. The lowest BCUT2D eigenvalue weighted by Gasteiger charge is -2.38. The molecule has 1 aliphatic heterocycles. The first-order chi connectivity index (χ1) is 10.8. The summed E-state index contributed by atoms with van der Waals surface area (Å²) in [6.07, 6.45) is 5.82. The van der Waals surface area contributed by atoms with Crippen molar-refractivity contribution >= 4 is 0 Å². The number of hydrogen-bond acceptors (Lipinski definition) is 4. The maximum atomic E-state index is 9.61. The molecule has 0 N–H and O–H groups in total. The minimum absolute atomic E-state index is 0.0373. The Morgan fingerprint density at radius 3 is 3.00 bits per heavy atom. The molecule has 1 fully saturated rings. The molecule has 0 radical (unpaired) electrons. The Kier molecular flexibility index (Phi) is 4.66. The number of ether oxygens (including phenoxy) is 3. The Hall–Kier alpha value is -1.57. The summed E-state index contributed by atoms with van der Waals surface area (Å²) in [6.45, 7) is 1.47. The van der Waals surface area contributed by atoms with Crippen LogP contribution in [0.25, 0.3) is 0 Å². The second kappa shape index (κ2) is 6.68. The first-order valence-corrected chi connectivity index (χ1v) is 8.09. The largest absolute Gasteiger partial charge is 0.497 e. The predicted molar refractivity (Wildman–Crippen MR) is 82.8 cm³/mol. The standard InChI is InChI=1S/C18H23NO3/c1-20-15-6-7-16-14(11-15)12-18(16,13-19)8-4-10-22-17-5-2-3-9-21-17/h6-7,11,17H,2-5,8-10,12H2,1H3. The topological polar surface area (TPSA) is 51.5 Å². The van der Waals surface area contributed by atoms with Crippen molar-refractivity contribution in [3.05, 3.63) is 29.3 Å². The second-order valence-corrected chi connectivity index (χ2v) is 6.16. The molecule has 2 unspecified atom stereocenters. The highest BCUT2D eigenvalue weighted by atomic mass is 16.7. The monoisotopic (exact) mass is 301 g/mol. The lowest BCUT2D eigenvalue weighted by atomic mass is 9.62. The van der Waals surface area contributed by atoms with Gasteiger partial charge in [-0.3, -0.25) is 0 Å². The zero-order valence-electron chi connectivity index (χ0n) is 13.1. The fourth-order valence-corrected chi connectivity index (χ4v) is 3.43. The highest BCUT2D eigenvalue weighted by Crippen LogP contribution is 2.45. The molecule has 1 saturated heterocycles. The second-order valence-electron chi connectivity index (χ2n) is 6.16. The van der Waals surface area contributed by atoms with E-state index in [0.717, 1.165) is 50.0 Å². The average molecular weight is 301 g/mol. The molecular weight excluding hydrogens is 278 g/mol. The molecule has 3 rings (SSSR count). The van der Waals surface area contributed by atoms with Gasteiger partial charge in [0.2, 0.25) is 0 Å². The van der Waals surface area contributed by atoms with Gasteiger partial charge in [0, 0.05) is 13.2 Å². The molecule has 2 atom stereocenters. The summed E-state index contributed by atoms with van der Waals surface area (Å²) >= 11 is 0. The van der Waals surface area contributed by atoms with Crippen LogP contribution in [-0.2, 0) is 21.3 Å². The van der Waals surface area contributed by atoms with E-state index in [0.29, 0.717) is 6.61 Å². The lowest BCUT2D eigenvalue weighted by molar-refractivity contribution is -0.163. The van der Waals surface area contributed by atoms with Crippen LogP contribution < -0.4 is 4.74 Å². The Morgan fingerprint density at radius 1 is 1.41 bits per heavy atom. The first kappa shape index (κ1) is 15.3.